The topological polar surface area (TPSA) is 51.5 Å². The van der Waals surface area contributed by atoms with Crippen LogP contribution in [0.2, 0.25) is 10.0 Å². The van der Waals surface area contributed by atoms with Gasteiger partial charge < -0.3 is 14.4 Å². The summed E-state index contributed by atoms with van der Waals surface area (Å²) < 4.78 is 7.60. The summed E-state index contributed by atoms with van der Waals surface area (Å²) in [6.07, 6.45) is 4.13. The molecule has 24 heavy (non-hydrogen) atoms. The van der Waals surface area contributed by atoms with Crippen molar-refractivity contribution in [3.63, 3.8) is 0 Å². The lowest BCUT2D eigenvalue weighted by molar-refractivity contribution is 0.247. The maximum atomic E-state index is 12.9. The first-order valence-corrected chi connectivity index (χ1v) is 9.10. The Balaban J connectivity index is 2.22. The molecule has 1 aliphatic carbocycles. The molecule has 1 N–H and O–H groups in total. The number of aromatic nitrogens is 1. The van der Waals surface area contributed by atoms with E-state index in [1.165, 1.54) is 0 Å². The average molecular weight is 370 g/mol. The van der Waals surface area contributed by atoms with E-state index >= 15 is 0 Å². The Morgan fingerprint density at radius 2 is 1.92 bits per heavy atom. The van der Waals surface area contributed by atoms with E-state index in [2.05, 4.69) is 6.92 Å². The number of hydrogen-bond donors (Lipinski definition) is 1. The zero-order valence-electron chi connectivity index (χ0n) is 13.6. The summed E-state index contributed by atoms with van der Waals surface area (Å²) >= 11 is 12.3. The number of unbranched alkanes of at least 4 members (excludes halogenated alkanes) is 1. The fraction of sp³-hybridized carbons (Fsp3) is 0.500. The van der Waals surface area contributed by atoms with Gasteiger partial charge >= 0.3 is 0 Å². The highest BCUT2D eigenvalue weighted by atomic mass is 35.5. The van der Waals surface area contributed by atoms with Crippen LogP contribution in [0, 0.1) is 5.92 Å². The Hall–Kier alpha value is -1.23. The number of benzene rings is 1. The second-order valence-electron chi connectivity index (χ2n) is 6.31. The molecular formula is C18H21Cl2NO3. The highest BCUT2D eigenvalue weighted by Gasteiger charge is 2.26. The molecule has 0 aliphatic heterocycles. The standard InChI is InChI=1S/C18H21Cl2NO3/c1-2-3-6-24-17-12-7-14(19)15(20)8-13(12)18(23)21(16(17)10-22)9-11-4-5-11/h7-8,11,22H,2-6,9-10H2,1H3. The molecule has 4 nitrogen and oxygen atoms in total. The molecule has 0 atom stereocenters. The zero-order chi connectivity index (χ0) is 17.3. The van der Waals surface area contributed by atoms with Gasteiger partial charge in [-0.3, -0.25) is 4.79 Å². The van der Waals surface area contributed by atoms with E-state index in [-0.39, 0.29) is 12.2 Å². The second kappa shape index (κ2) is 7.34. The molecule has 6 heteroatoms. The normalized spacial score (nSPS) is 14.3. The molecule has 1 aromatic carbocycles. The van der Waals surface area contributed by atoms with Crippen LogP contribution in [0.15, 0.2) is 16.9 Å². The highest BCUT2D eigenvalue weighted by Crippen LogP contribution is 2.36. The first kappa shape index (κ1) is 17.6. The fourth-order valence-corrected chi connectivity index (χ4v) is 3.17. The van der Waals surface area contributed by atoms with Crippen LogP contribution in [0.25, 0.3) is 10.8 Å². The first-order chi connectivity index (χ1) is 11.6. The third kappa shape index (κ3) is 3.41. The lowest BCUT2D eigenvalue weighted by Gasteiger charge is -2.19. The molecule has 1 heterocycles. The number of aliphatic hydroxyl groups excluding tert-OH is 1. The van der Waals surface area contributed by atoms with E-state index in [9.17, 15) is 9.90 Å². The molecule has 0 spiro atoms. The summed E-state index contributed by atoms with van der Waals surface area (Å²) in [6, 6.07) is 3.25. The van der Waals surface area contributed by atoms with Crippen LogP contribution in [0.5, 0.6) is 5.75 Å². The number of halogens is 2. The average Bonchev–Trinajstić information content (AvgIpc) is 3.38. The Morgan fingerprint density at radius 3 is 2.50 bits per heavy atom. The third-order valence-corrected chi connectivity index (χ3v) is 5.12. The van der Waals surface area contributed by atoms with Gasteiger partial charge in [0.1, 0.15) is 5.75 Å². The first-order valence-electron chi connectivity index (χ1n) is 8.34. The number of rotatable bonds is 7. The minimum absolute atomic E-state index is 0.151. The van der Waals surface area contributed by atoms with E-state index in [0.29, 0.717) is 51.3 Å². The van der Waals surface area contributed by atoms with Crippen LogP contribution in [0.1, 0.15) is 38.3 Å². The van der Waals surface area contributed by atoms with Crippen molar-refractivity contribution in [3.8, 4) is 5.75 Å². The van der Waals surface area contributed by atoms with Crippen LogP contribution in [-0.4, -0.2) is 16.3 Å². The maximum absolute atomic E-state index is 12.9. The smallest absolute Gasteiger partial charge is 0.259 e. The maximum Gasteiger partial charge on any atom is 0.259 e. The number of fused-ring (bicyclic) bond motifs is 1. The monoisotopic (exact) mass is 369 g/mol. The van der Waals surface area contributed by atoms with Crippen molar-refractivity contribution in [2.24, 2.45) is 5.92 Å². The Kier molecular flexibility index (Phi) is 5.38. The van der Waals surface area contributed by atoms with Crippen LogP contribution in [0.3, 0.4) is 0 Å². The predicted molar refractivity (Wildman–Crippen MR) is 97.3 cm³/mol. The summed E-state index contributed by atoms with van der Waals surface area (Å²) in [5.74, 6) is 1.04. The molecule has 0 radical (unpaired) electrons. The summed E-state index contributed by atoms with van der Waals surface area (Å²) in [5, 5.41) is 11.7. The Labute approximate surface area is 150 Å². The van der Waals surface area contributed by atoms with Crippen molar-refractivity contribution in [1.29, 1.82) is 0 Å². The van der Waals surface area contributed by atoms with Gasteiger partial charge in [-0.1, -0.05) is 36.5 Å². The summed E-state index contributed by atoms with van der Waals surface area (Å²) in [5.41, 5.74) is 0.372. The van der Waals surface area contributed by atoms with Gasteiger partial charge in [0.25, 0.3) is 5.56 Å². The second-order valence-corrected chi connectivity index (χ2v) is 7.12. The molecular weight excluding hydrogens is 349 g/mol. The van der Waals surface area contributed by atoms with Crippen LogP contribution in [-0.2, 0) is 13.2 Å². The van der Waals surface area contributed by atoms with Crippen LogP contribution < -0.4 is 10.3 Å². The Morgan fingerprint density at radius 1 is 1.25 bits per heavy atom. The van der Waals surface area contributed by atoms with E-state index in [1.54, 1.807) is 16.7 Å². The molecule has 1 saturated carbocycles. The molecule has 3 rings (SSSR count). The van der Waals surface area contributed by atoms with E-state index in [4.69, 9.17) is 27.9 Å². The van der Waals surface area contributed by atoms with Gasteiger partial charge in [0.05, 0.1) is 34.3 Å². The summed E-state index contributed by atoms with van der Waals surface area (Å²) in [7, 11) is 0. The van der Waals surface area contributed by atoms with Gasteiger partial charge in [-0.2, -0.15) is 0 Å². The summed E-state index contributed by atoms with van der Waals surface area (Å²) in [4.78, 5) is 12.9. The van der Waals surface area contributed by atoms with Crippen LogP contribution in [0.4, 0.5) is 0 Å². The SMILES string of the molecule is CCCCOc1c(CO)n(CC2CC2)c(=O)c2cc(Cl)c(Cl)cc12. The molecule has 1 fully saturated rings. The van der Waals surface area contributed by atoms with Crippen molar-refractivity contribution >= 4 is 34.0 Å². The fourth-order valence-electron chi connectivity index (χ4n) is 2.85. The third-order valence-electron chi connectivity index (χ3n) is 4.40. The molecule has 0 saturated heterocycles. The van der Waals surface area contributed by atoms with Gasteiger partial charge in [-0.25, -0.2) is 0 Å². The van der Waals surface area contributed by atoms with E-state index in [0.717, 1.165) is 25.7 Å². The van der Waals surface area contributed by atoms with Crippen molar-refractivity contribution < 1.29 is 9.84 Å². The van der Waals surface area contributed by atoms with Crippen molar-refractivity contribution in [2.75, 3.05) is 6.61 Å². The number of pyridine rings is 1. The molecule has 0 unspecified atom stereocenters. The van der Waals surface area contributed by atoms with E-state index in [1.807, 2.05) is 0 Å². The van der Waals surface area contributed by atoms with Gasteiger partial charge in [0.15, 0.2) is 0 Å². The molecule has 1 aromatic heterocycles. The predicted octanol–water partition coefficient (Wildman–Crippen LogP) is 4.39. The van der Waals surface area contributed by atoms with Gasteiger partial charge in [0, 0.05) is 11.9 Å². The number of ether oxygens (including phenoxy) is 1. The molecule has 130 valence electrons. The van der Waals surface area contributed by atoms with Crippen LogP contribution >= 0.6 is 23.2 Å². The lowest BCUT2D eigenvalue weighted by Crippen LogP contribution is -2.26. The van der Waals surface area contributed by atoms with Crippen molar-refractivity contribution in [1.82, 2.24) is 4.57 Å². The highest BCUT2D eigenvalue weighted by molar-refractivity contribution is 6.42. The van der Waals surface area contributed by atoms with Gasteiger partial charge in [-0.05, 0) is 37.3 Å². The van der Waals surface area contributed by atoms with Crippen molar-refractivity contribution in [2.45, 2.75) is 45.8 Å². The number of nitrogens with zero attached hydrogens (tertiary/aromatic N) is 1. The number of hydrogen-bond acceptors (Lipinski definition) is 3. The lowest BCUT2D eigenvalue weighted by atomic mass is 10.1. The quantitative estimate of drug-likeness (QED) is 0.736. The minimum Gasteiger partial charge on any atom is -0.491 e. The largest absolute Gasteiger partial charge is 0.491 e. The minimum atomic E-state index is -0.250. The number of aliphatic hydroxyl groups is 1. The van der Waals surface area contributed by atoms with Gasteiger partial charge in [-0.15, -0.1) is 0 Å². The molecule has 2 aromatic rings. The molecule has 0 amide bonds. The molecule has 1 aliphatic rings. The van der Waals surface area contributed by atoms with Crippen molar-refractivity contribution in [3.05, 3.63) is 38.2 Å². The Bertz CT molecular complexity index is 812. The summed E-state index contributed by atoms with van der Waals surface area (Å²) in [6.45, 7) is 2.97. The molecule has 0 bridgehead atoms. The zero-order valence-corrected chi connectivity index (χ0v) is 15.2. The van der Waals surface area contributed by atoms with E-state index < -0.39 is 0 Å². The van der Waals surface area contributed by atoms with Gasteiger partial charge in [0.2, 0.25) is 0 Å².